The maximum Gasteiger partial charge on any atom is 0.299 e. The monoisotopic (exact) mass is 422 g/mol. The van der Waals surface area contributed by atoms with Gasteiger partial charge in [0.2, 0.25) is 0 Å². The zero-order chi connectivity index (χ0) is 21.9. The summed E-state index contributed by atoms with van der Waals surface area (Å²) < 4.78 is 7.95. The molecule has 1 amide bonds. The number of rotatable bonds is 4. The summed E-state index contributed by atoms with van der Waals surface area (Å²) in [6, 6.07) is 17.5. The van der Waals surface area contributed by atoms with E-state index in [0.29, 0.717) is 6.54 Å². The van der Waals surface area contributed by atoms with E-state index in [4.69, 9.17) is 9.72 Å². The van der Waals surface area contributed by atoms with E-state index in [1.54, 1.807) is 13.1 Å². The summed E-state index contributed by atoms with van der Waals surface area (Å²) in [7, 11) is 0. The Morgan fingerprint density at radius 1 is 1.09 bits per heavy atom. The van der Waals surface area contributed by atoms with Crippen molar-refractivity contribution in [1.82, 2.24) is 19.3 Å². The Labute approximate surface area is 186 Å². The van der Waals surface area contributed by atoms with Crippen molar-refractivity contribution in [3.63, 3.8) is 0 Å². The number of carbonyl (C=O) groups excluding carboxylic acids is 1. The molecular weight excluding hydrogens is 400 g/mol. The smallest absolute Gasteiger partial charge is 0.299 e. The Kier molecular flexibility index (Phi) is 5.30. The van der Waals surface area contributed by atoms with Crippen LogP contribution >= 0.6 is 0 Å². The first-order valence-corrected chi connectivity index (χ1v) is 10.6. The SMILES string of the molecule is CC#CC(=O)N1CCC[C@@H]1c1nc(-c2ccc(Oc3ccccc3)cc2)c2cnccn12. The summed E-state index contributed by atoms with van der Waals surface area (Å²) in [6.45, 7) is 2.38. The lowest BCUT2D eigenvalue weighted by Crippen LogP contribution is -2.30. The van der Waals surface area contributed by atoms with Crippen LogP contribution in [0.1, 0.15) is 31.6 Å². The third-order valence-electron chi connectivity index (χ3n) is 5.62. The molecule has 0 bridgehead atoms. The van der Waals surface area contributed by atoms with Gasteiger partial charge in [-0.05, 0) is 62.1 Å². The molecule has 6 heteroatoms. The van der Waals surface area contributed by atoms with Crippen LogP contribution in [0.2, 0.25) is 0 Å². The molecule has 0 radical (unpaired) electrons. The largest absolute Gasteiger partial charge is 0.457 e. The van der Waals surface area contributed by atoms with Crippen molar-refractivity contribution >= 4 is 11.4 Å². The fourth-order valence-electron chi connectivity index (χ4n) is 4.17. The summed E-state index contributed by atoms with van der Waals surface area (Å²) in [5.41, 5.74) is 2.70. The number of imidazole rings is 1. The van der Waals surface area contributed by atoms with Crippen LogP contribution < -0.4 is 4.74 Å². The van der Waals surface area contributed by atoms with E-state index in [-0.39, 0.29) is 11.9 Å². The molecule has 0 unspecified atom stereocenters. The lowest BCUT2D eigenvalue weighted by Gasteiger charge is -2.21. The van der Waals surface area contributed by atoms with Gasteiger partial charge in [0.25, 0.3) is 5.91 Å². The van der Waals surface area contributed by atoms with E-state index in [2.05, 4.69) is 16.8 Å². The van der Waals surface area contributed by atoms with E-state index < -0.39 is 0 Å². The normalized spacial score (nSPS) is 15.4. The van der Waals surface area contributed by atoms with Crippen molar-refractivity contribution in [3.8, 4) is 34.6 Å². The van der Waals surface area contributed by atoms with Gasteiger partial charge in [-0.3, -0.25) is 14.2 Å². The highest BCUT2D eigenvalue weighted by Gasteiger charge is 2.33. The van der Waals surface area contributed by atoms with Crippen molar-refractivity contribution in [1.29, 1.82) is 0 Å². The molecule has 1 saturated heterocycles. The van der Waals surface area contributed by atoms with Crippen LogP contribution in [-0.2, 0) is 4.79 Å². The van der Waals surface area contributed by atoms with Crippen molar-refractivity contribution in [2.75, 3.05) is 6.54 Å². The number of carbonyl (C=O) groups is 1. The summed E-state index contributed by atoms with van der Waals surface area (Å²) in [5, 5.41) is 0. The molecule has 1 aliphatic heterocycles. The van der Waals surface area contributed by atoms with Gasteiger partial charge in [-0.15, -0.1) is 0 Å². The minimum Gasteiger partial charge on any atom is -0.457 e. The Morgan fingerprint density at radius 3 is 2.66 bits per heavy atom. The standard InChI is InChI=1S/C26H22N4O2/c1-2-7-24(31)29-16-6-10-22(29)26-28-25(23-18-27-15-17-30(23)26)19-11-13-21(14-12-19)32-20-8-4-3-5-9-20/h3-5,8-9,11-15,17-18,22H,6,10,16H2,1H3/t22-/m1/s1. The topological polar surface area (TPSA) is 59.7 Å². The van der Waals surface area contributed by atoms with Gasteiger partial charge in [-0.25, -0.2) is 4.98 Å². The molecule has 158 valence electrons. The summed E-state index contributed by atoms with van der Waals surface area (Å²) in [5.74, 6) is 7.63. The van der Waals surface area contributed by atoms with Crippen molar-refractivity contribution in [2.45, 2.75) is 25.8 Å². The fourth-order valence-corrected chi connectivity index (χ4v) is 4.17. The molecular formula is C26H22N4O2. The molecule has 2 aromatic carbocycles. The molecule has 0 saturated carbocycles. The maximum absolute atomic E-state index is 12.5. The second-order valence-electron chi connectivity index (χ2n) is 7.62. The number of aromatic nitrogens is 3. The molecule has 0 N–H and O–H groups in total. The number of fused-ring (bicyclic) bond motifs is 1. The number of amides is 1. The zero-order valence-electron chi connectivity index (χ0n) is 17.7. The van der Waals surface area contributed by atoms with Gasteiger partial charge in [0.05, 0.1) is 23.4 Å². The highest BCUT2D eigenvalue weighted by Crippen LogP contribution is 2.35. The molecule has 1 atom stereocenters. The Morgan fingerprint density at radius 2 is 1.88 bits per heavy atom. The minimum absolute atomic E-state index is 0.104. The molecule has 3 heterocycles. The Hall–Kier alpha value is -4.11. The molecule has 0 spiro atoms. The number of hydrogen-bond acceptors (Lipinski definition) is 4. The van der Waals surface area contributed by atoms with Crippen LogP contribution in [-0.4, -0.2) is 31.7 Å². The first kappa shape index (κ1) is 19.8. The van der Waals surface area contributed by atoms with Crippen LogP contribution in [0.3, 0.4) is 0 Å². The van der Waals surface area contributed by atoms with Gasteiger partial charge in [-0.1, -0.05) is 24.1 Å². The minimum atomic E-state index is -0.148. The number of para-hydroxylation sites is 1. The van der Waals surface area contributed by atoms with Crippen molar-refractivity contribution in [2.24, 2.45) is 0 Å². The lowest BCUT2D eigenvalue weighted by atomic mass is 10.1. The fraction of sp³-hybridized carbons (Fsp3) is 0.192. The number of ether oxygens (including phenoxy) is 1. The van der Waals surface area contributed by atoms with Crippen molar-refractivity contribution < 1.29 is 9.53 Å². The third-order valence-corrected chi connectivity index (χ3v) is 5.62. The summed E-state index contributed by atoms with van der Waals surface area (Å²) >= 11 is 0. The van der Waals surface area contributed by atoms with Gasteiger partial charge in [-0.2, -0.15) is 0 Å². The molecule has 2 aromatic heterocycles. The molecule has 4 aromatic rings. The molecule has 6 nitrogen and oxygen atoms in total. The summed E-state index contributed by atoms with van der Waals surface area (Å²) in [6.07, 6.45) is 7.25. The lowest BCUT2D eigenvalue weighted by molar-refractivity contribution is -0.126. The Balaban J connectivity index is 1.50. The van der Waals surface area contributed by atoms with Crippen LogP contribution in [0.4, 0.5) is 0 Å². The van der Waals surface area contributed by atoms with Crippen LogP contribution in [0.15, 0.2) is 73.2 Å². The average Bonchev–Trinajstić information content (AvgIpc) is 3.46. The van der Waals surface area contributed by atoms with E-state index in [1.165, 1.54) is 0 Å². The van der Waals surface area contributed by atoms with Crippen molar-refractivity contribution in [3.05, 3.63) is 79.0 Å². The van der Waals surface area contributed by atoms with Gasteiger partial charge in [0, 0.05) is 24.5 Å². The molecule has 5 rings (SSSR count). The van der Waals surface area contributed by atoms with E-state index in [1.807, 2.05) is 76.3 Å². The van der Waals surface area contributed by atoms with Gasteiger partial charge in [0.1, 0.15) is 17.3 Å². The second kappa shape index (κ2) is 8.56. The van der Waals surface area contributed by atoms with Crippen LogP contribution in [0.5, 0.6) is 11.5 Å². The van der Waals surface area contributed by atoms with E-state index in [0.717, 1.165) is 46.9 Å². The van der Waals surface area contributed by atoms with E-state index in [9.17, 15) is 4.79 Å². The molecule has 0 aliphatic carbocycles. The van der Waals surface area contributed by atoms with Gasteiger partial charge in [0.15, 0.2) is 0 Å². The van der Waals surface area contributed by atoms with Crippen LogP contribution in [0, 0.1) is 11.8 Å². The highest BCUT2D eigenvalue weighted by molar-refractivity contribution is 5.94. The highest BCUT2D eigenvalue weighted by atomic mass is 16.5. The number of hydrogen-bond donors (Lipinski definition) is 0. The second-order valence-corrected chi connectivity index (χ2v) is 7.62. The predicted octanol–water partition coefficient (Wildman–Crippen LogP) is 4.88. The summed E-state index contributed by atoms with van der Waals surface area (Å²) in [4.78, 5) is 23.6. The van der Waals surface area contributed by atoms with Gasteiger partial charge >= 0.3 is 0 Å². The average molecular weight is 422 g/mol. The quantitative estimate of drug-likeness (QED) is 0.440. The van der Waals surface area contributed by atoms with E-state index >= 15 is 0 Å². The maximum atomic E-state index is 12.5. The Bertz CT molecular complexity index is 1320. The first-order valence-electron chi connectivity index (χ1n) is 10.6. The number of likely N-dealkylation sites (tertiary alicyclic amines) is 1. The number of nitrogens with zero attached hydrogens (tertiary/aromatic N) is 4. The predicted molar refractivity (Wildman–Crippen MR) is 122 cm³/mol. The molecule has 32 heavy (non-hydrogen) atoms. The molecule has 1 aliphatic rings. The van der Waals surface area contributed by atoms with Gasteiger partial charge < -0.3 is 9.64 Å². The van der Waals surface area contributed by atoms with Crippen LogP contribution in [0.25, 0.3) is 16.8 Å². The first-order chi connectivity index (χ1) is 15.7. The number of benzene rings is 2. The zero-order valence-corrected chi connectivity index (χ0v) is 17.7. The third kappa shape index (κ3) is 3.69. The molecule has 1 fully saturated rings.